The minimum absolute atomic E-state index is 0.0645. The Kier molecular flexibility index (Phi) is 3.79. The number of ketones is 1. The van der Waals surface area contributed by atoms with Crippen LogP contribution in [0.2, 0.25) is 0 Å². The highest BCUT2D eigenvalue weighted by Gasteiger charge is 2.25. The number of benzene rings is 2. The number of carbonyl (C=O) groups excluding carboxylic acids is 1. The maximum atomic E-state index is 12.3. The lowest BCUT2D eigenvalue weighted by Gasteiger charge is -2.09. The van der Waals surface area contributed by atoms with Crippen LogP contribution in [0, 0.1) is 6.92 Å². The van der Waals surface area contributed by atoms with Gasteiger partial charge in [0.25, 0.3) is 0 Å². The van der Waals surface area contributed by atoms with E-state index in [0.717, 1.165) is 17.0 Å². The molecule has 0 aromatic heterocycles. The average molecular weight is 283 g/mol. The van der Waals surface area contributed by atoms with E-state index in [1.165, 1.54) is 11.1 Å². The van der Waals surface area contributed by atoms with Gasteiger partial charge < -0.3 is 5.32 Å². The second kappa shape index (κ2) is 5.71. The van der Waals surface area contributed by atoms with E-state index in [9.17, 15) is 4.79 Å². The van der Waals surface area contributed by atoms with Crippen LogP contribution in [-0.2, 0) is 11.2 Å². The Hall–Kier alpha value is -1.74. The molecule has 1 atom stereocenters. The number of hydrogen-bond donors (Lipinski definition) is 1. The Morgan fingerprint density at radius 3 is 2.70 bits per heavy atom. The van der Waals surface area contributed by atoms with Gasteiger partial charge in [-0.05, 0) is 30.7 Å². The van der Waals surface area contributed by atoms with E-state index in [0.29, 0.717) is 5.75 Å². The Bertz CT molecular complexity index is 596. The van der Waals surface area contributed by atoms with Crippen LogP contribution < -0.4 is 5.32 Å². The van der Waals surface area contributed by atoms with Crippen molar-refractivity contribution >= 4 is 23.2 Å². The summed E-state index contributed by atoms with van der Waals surface area (Å²) in [6.07, 6.45) is 0.809. The van der Waals surface area contributed by atoms with Crippen molar-refractivity contribution < 1.29 is 4.79 Å². The topological polar surface area (TPSA) is 29.1 Å². The first-order valence-corrected chi connectivity index (χ1v) is 7.77. The maximum absolute atomic E-state index is 12.3. The van der Waals surface area contributed by atoms with Gasteiger partial charge in [-0.1, -0.05) is 35.9 Å². The quantitative estimate of drug-likeness (QED) is 0.868. The normalized spacial score (nSPS) is 16.6. The molecule has 1 aliphatic heterocycles. The summed E-state index contributed by atoms with van der Waals surface area (Å²) < 4.78 is 0. The van der Waals surface area contributed by atoms with Crippen LogP contribution in [0.4, 0.5) is 5.69 Å². The monoisotopic (exact) mass is 283 g/mol. The van der Waals surface area contributed by atoms with Gasteiger partial charge in [-0.15, -0.1) is 11.8 Å². The van der Waals surface area contributed by atoms with Gasteiger partial charge in [0.15, 0.2) is 5.78 Å². The van der Waals surface area contributed by atoms with Crippen molar-refractivity contribution in [2.24, 2.45) is 0 Å². The molecule has 0 bridgehead atoms. The van der Waals surface area contributed by atoms with E-state index in [4.69, 9.17) is 0 Å². The second-order valence-corrected chi connectivity index (χ2v) is 6.17. The third kappa shape index (κ3) is 2.88. The molecule has 1 heterocycles. The van der Waals surface area contributed by atoms with Crippen LogP contribution in [0.1, 0.15) is 11.1 Å². The fourth-order valence-corrected chi connectivity index (χ4v) is 3.22. The minimum Gasteiger partial charge on any atom is -0.375 e. The molecule has 0 spiro atoms. The second-order valence-electron chi connectivity index (χ2n) is 5.13. The molecule has 2 nitrogen and oxygen atoms in total. The standard InChI is InChI=1S/C17H17NOS/c1-12-6-8-14(9-7-12)20-11-17(19)16-10-13-4-2-3-5-15(13)18-16/h2-9,16,18H,10-11H2,1H3. The van der Waals surface area contributed by atoms with Gasteiger partial charge in [-0.25, -0.2) is 0 Å². The predicted molar refractivity (Wildman–Crippen MR) is 84.5 cm³/mol. The van der Waals surface area contributed by atoms with Crippen molar-refractivity contribution in [2.45, 2.75) is 24.3 Å². The number of Topliss-reactive ketones (excluding diaryl/α,β-unsaturated/α-hetero) is 1. The molecule has 1 unspecified atom stereocenters. The molecule has 20 heavy (non-hydrogen) atoms. The fourth-order valence-electron chi connectivity index (χ4n) is 2.38. The van der Waals surface area contributed by atoms with Gasteiger partial charge in [0.05, 0.1) is 11.8 Å². The van der Waals surface area contributed by atoms with Gasteiger partial charge in [0.1, 0.15) is 0 Å². The van der Waals surface area contributed by atoms with Crippen molar-refractivity contribution in [2.75, 3.05) is 11.1 Å². The Morgan fingerprint density at radius 1 is 1.20 bits per heavy atom. The minimum atomic E-state index is -0.0645. The number of para-hydroxylation sites is 1. The van der Waals surface area contributed by atoms with Gasteiger partial charge in [-0.3, -0.25) is 4.79 Å². The number of rotatable bonds is 4. The molecular weight excluding hydrogens is 266 g/mol. The summed E-state index contributed by atoms with van der Waals surface area (Å²) in [4.78, 5) is 13.4. The third-order valence-corrected chi connectivity index (χ3v) is 4.60. The number of hydrogen-bond acceptors (Lipinski definition) is 3. The van der Waals surface area contributed by atoms with Crippen molar-refractivity contribution in [1.82, 2.24) is 0 Å². The van der Waals surface area contributed by atoms with E-state index in [1.54, 1.807) is 11.8 Å². The van der Waals surface area contributed by atoms with Crippen LogP contribution >= 0.6 is 11.8 Å². The van der Waals surface area contributed by atoms with Crippen molar-refractivity contribution in [3.8, 4) is 0 Å². The van der Waals surface area contributed by atoms with E-state index >= 15 is 0 Å². The number of fused-ring (bicyclic) bond motifs is 1. The molecule has 0 amide bonds. The molecule has 3 rings (SSSR count). The van der Waals surface area contributed by atoms with Crippen LogP contribution in [-0.4, -0.2) is 17.6 Å². The van der Waals surface area contributed by atoms with Crippen LogP contribution in [0.5, 0.6) is 0 Å². The number of anilines is 1. The van der Waals surface area contributed by atoms with Crippen molar-refractivity contribution in [1.29, 1.82) is 0 Å². The van der Waals surface area contributed by atoms with Gasteiger partial charge in [0.2, 0.25) is 0 Å². The van der Waals surface area contributed by atoms with Crippen LogP contribution in [0.25, 0.3) is 0 Å². The van der Waals surface area contributed by atoms with Gasteiger partial charge >= 0.3 is 0 Å². The van der Waals surface area contributed by atoms with Crippen molar-refractivity contribution in [3.05, 3.63) is 59.7 Å². The summed E-state index contributed by atoms with van der Waals surface area (Å²) in [7, 11) is 0. The largest absolute Gasteiger partial charge is 0.375 e. The lowest BCUT2D eigenvalue weighted by atomic mass is 10.1. The molecule has 0 aliphatic carbocycles. The zero-order chi connectivity index (χ0) is 13.9. The Labute approximate surface area is 123 Å². The summed E-state index contributed by atoms with van der Waals surface area (Å²) in [5, 5.41) is 3.32. The lowest BCUT2D eigenvalue weighted by molar-refractivity contribution is -0.117. The molecule has 1 aliphatic rings. The maximum Gasteiger partial charge on any atom is 0.165 e. The molecule has 102 valence electrons. The highest BCUT2D eigenvalue weighted by molar-refractivity contribution is 8.00. The molecule has 0 fully saturated rings. The SMILES string of the molecule is Cc1ccc(SCC(=O)C2Cc3ccccc3N2)cc1. The number of aryl methyl sites for hydroxylation is 1. The molecule has 0 radical (unpaired) electrons. The average Bonchev–Trinajstić information content (AvgIpc) is 2.90. The number of thioether (sulfide) groups is 1. The molecule has 2 aromatic rings. The molecule has 3 heteroatoms. The van der Waals surface area contributed by atoms with E-state index < -0.39 is 0 Å². The predicted octanol–water partition coefficient (Wildman–Crippen LogP) is 3.69. The molecular formula is C17H17NOS. The number of nitrogens with one attached hydrogen (secondary N) is 1. The fraction of sp³-hybridized carbons (Fsp3) is 0.235. The van der Waals surface area contributed by atoms with E-state index in [-0.39, 0.29) is 11.8 Å². The highest BCUT2D eigenvalue weighted by atomic mass is 32.2. The van der Waals surface area contributed by atoms with Gasteiger partial charge in [-0.2, -0.15) is 0 Å². The van der Waals surface area contributed by atoms with E-state index in [1.807, 2.05) is 18.2 Å². The molecule has 2 aromatic carbocycles. The van der Waals surface area contributed by atoms with Gasteiger partial charge in [0, 0.05) is 17.0 Å². The van der Waals surface area contributed by atoms with Crippen LogP contribution in [0.3, 0.4) is 0 Å². The number of carbonyl (C=O) groups is 1. The first-order valence-electron chi connectivity index (χ1n) is 6.79. The molecule has 1 N–H and O–H groups in total. The summed E-state index contributed by atoms with van der Waals surface area (Å²) in [6, 6.07) is 16.4. The summed E-state index contributed by atoms with van der Waals surface area (Å²) in [5.74, 6) is 0.793. The molecule has 0 saturated carbocycles. The Morgan fingerprint density at radius 2 is 1.95 bits per heavy atom. The zero-order valence-electron chi connectivity index (χ0n) is 11.4. The smallest absolute Gasteiger partial charge is 0.165 e. The summed E-state index contributed by atoms with van der Waals surface area (Å²) in [6.45, 7) is 2.07. The lowest BCUT2D eigenvalue weighted by Crippen LogP contribution is -2.28. The summed E-state index contributed by atoms with van der Waals surface area (Å²) in [5.41, 5.74) is 3.59. The van der Waals surface area contributed by atoms with Crippen LogP contribution in [0.15, 0.2) is 53.4 Å². The first-order chi connectivity index (χ1) is 9.72. The molecule has 0 saturated heterocycles. The van der Waals surface area contributed by atoms with E-state index in [2.05, 4.69) is 42.6 Å². The van der Waals surface area contributed by atoms with Crippen molar-refractivity contribution in [3.63, 3.8) is 0 Å². The third-order valence-electron chi connectivity index (χ3n) is 3.56. The summed E-state index contributed by atoms with van der Waals surface area (Å²) >= 11 is 1.61. The highest BCUT2D eigenvalue weighted by Crippen LogP contribution is 2.27. The Balaban J connectivity index is 1.57. The zero-order valence-corrected chi connectivity index (χ0v) is 12.2. The first kappa shape index (κ1) is 13.3.